The first kappa shape index (κ1) is 11.3. The van der Waals surface area contributed by atoms with Gasteiger partial charge in [0.1, 0.15) is 0 Å². The van der Waals surface area contributed by atoms with Crippen molar-refractivity contribution in [2.24, 2.45) is 17.2 Å². The van der Waals surface area contributed by atoms with Crippen LogP contribution in [0.15, 0.2) is 25.3 Å². The Morgan fingerprint density at radius 2 is 1.58 bits per heavy atom. The molecular formula is C8H18N4. The number of nitrogens with zero attached hydrogens (tertiary/aromatic N) is 1. The second-order valence-corrected chi connectivity index (χ2v) is 2.48. The molecular weight excluding hydrogens is 152 g/mol. The standard InChI is InChI=1S/C8H18N4/c1-3-7(10)12(6-5-9)8(11)4-2/h3-4,7-8H,1-2,5-6,9-11H2. The highest BCUT2D eigenvalue weighted by Crippen LogP contribution is 1.98. The topological polar surface area (TPSA) is 81.3 Å². The van der Waals surface area contributed by atoms with Crippen molar-refractivity contribution in [3.8, 4) is 0 Å². The molecule has 0 aliphatic rings. The summed E-state index contributed by atoms with van der Waals surface area (Å²) in [5.74, 6) is 0. The van der Waals surface area contributed by atoms with Gasteiger partial charge in [-0.2, -0.15) is 0 Å². The van der Waals surface area contributed by atoms with Crippen LogP contribution in [0.5, 0.6) is 0 Å². The lowest BCUT2D eigenvalue weighted by Gasteiger charge is -2.29. The minimum Gasteiger partial charge on any atom is -0.329 e. The maximum atomic E-state index is 5.70. The SMILES string of the molecule is C=CC(N)N(CCN)C(N)C=C. The van der Waals surface area contributed by atoms with E-state index >= 15 is 0 Å². The number of nitrogens with two attached hydrogens (primary N) is 3. The molecule has 2 atom stereocenters. The summed E-state index contributed by atoms with van der Waals surface area (Å²) in [6, 6.07) is 0. The average Bonchev–Trinajstić information content (AvgIpc) is 2.11. The fourth-order valence-corrected chi connectivity index (χ4v) is 0.917. The first-order valence-electron chi connectivity index (χ1n) is 3.89. The molecule has 0 radical (unpaired) electrons. The van der Waals surface area contributed by atoms with Crippen LogP contribution in [0.25, 0.3) is 0 Å². The lowest BCUT2D eigenvalue weighted by Crippen LogP contribution is -2.52. The van der Waals surface area contributed by atoms with Gasteiger partial charge in [0.05, 0.1) is 12.3 Å². The van der Waals surface area contributed by atoms with E-state index < -0.39 is 0 Å². The molecule has 0 amide bonds. The largest absolute Gasteiger partial charge is 0.329 e. The minimum absolute atomic E-state index is 0.262. The van der Waals surface area contributed by atoms with Crippen molar-refractivity contribution >= 4 is 0 Å². The van der Waals surface area contributed by atoms with Gasteiger partial charge in [0.2, 0.25) is 0 Å². The van der Waals surface area contributed by atoms with Crippen LogP contribution in [0.3, 0.4) is 0 Å². The van der Waals surface area contributed by atoms with Gasteiger partial charge >= 0.3 is 0 Å². The van der Waals surface area contributed by atoms with Crippen LogP contribution in [0.1, 0.15) is 0 Å². The molecule has 4 heteroatoms. The maximum absolute atomic E-state index is 5.70. The molecule has 0 rings (SSSR count). The third kappa shape index (κ3) is 3.15. The smallest absolute Gasteiger partial charge is 0.0776 e. The summed E-state index contributed by atoms with van der Waals surface area (Å²) in [6.07, 6.45) is 2.72. The molecule has 0 heterocycles. The second kappa shape index (κ2) is 5.91. The molecule has 0 saturated carbocycles. The van der Waals surface area contributed by atoms with Crippen molar-refractivity contribution < 1.29 is 0 Å². The Kier molecular flexibility index (Phi) is 5.57. The highest BCUT2D eigenvalue weighted by molar-refractivity contribution is 4.91. The van der Waals surface area contributed by atoms with Gasteiger partial charge in [-0.05, 0) is 0 Å². The summed E-state index contributed by atoms with van der Waals surface area (Å²) >= 11 is 0. The van der Waals surface area contributed by atoms with E-state index in [-0.39, 0.29) is 12.3 Å². The zero-order chi connectivity index (χ0) is 9.56. The summed E-state index contributed by atoms with van der Waals surface area (Å²) in [5, 5.41) is 0. The lowest BCUT2D eigenvalue weighted by molar-refractivity contribution is 0.201. The molecule has 4 nitrogen and oxygen atoms in total. The van der Waals surface area contributed by atoms with Crippen molar-refractivity contribution in [1.82, 2.24) is 4.90 Å². The zero-order valence-corrected chi connectivity index (χ0v) is 7.32. The predicted octanol–water partition coefficient (Wildman–Crippen LogP) is -0.811. The molecule has 0 bridgehead atoms. The second-order valence-electron chi connectivity index (χ2n) is 2.48. The fraction of sp³-hybridized carbons (Fsp3) is 0.500. The van der Waals surface area contributed by atoms with Crippen LogP contribution in [0, 0.1) is 0 Å². The Morgan fingerprint density at radius 3 is 1.83 bits per heavy atom. The molecule has 0 aromatic heterocycles. The first-order valence-corrected chi connectivity index (χ1v) is 3.89. The van der Waals surface area contributed by atoms with E-state index in [1.807, 2.05) is 4.90 Å². The molecule has 12 heavy (non-hydrogen) atoms. The molecule has 6 N–H and O–H groups in total. The van der Waals surface area contributed by atoms with Gasteiger partial charge in [-0.15, -0.1) is 13.2 Å². The minimum atomic E-state index is -0.262. The summed E-state index contributed by atoms with van der Waals surface area (Å²) in [5.41, 5.74) is 16.8. The third-order valence-electron chi connectivity index (χ3n) is 1.64. The number of hydrogen-bond donors (Lipinski definition) is 3. The summed E-state index contributed by atoms with van der Waals surface area (Å²) < 4.78 is 0. The van der Waals surface area contributed by atoms with E-state index in [1.54, 1.807) is 12.2 Å². The van der Waals surface area contributed by atoms with Crippen LogP contribution in [0.4, 0.5) is 0 Å². The van der Waals surface area contributed by atoms with Gasteiger partial charge in [-0.3, -0.25) is 4.90 Å². The summed E-state index contributed by atoms with van der Waals surface area (Å²) in [7, 11) is 0. The monoisotopic (exact) mass is 170 g/mol. The highest BCUT2D eigenvalue weighted by Gasteiger charge is 2.14. The maximum Gasteiger partial charge on any atom is 0.0776 e. The normalized spacial score (nSPS) is 15.7. The lowest BCUT2D eigenvalue weighted by atomic mass is 10.3. The van der Waals surface area contributed by atoms with Crippen molar-refractivity contribution in [3.05, 3.63) is 25.3 Å². The molecule has 2 unspecified atom stereocenters. The predicted molar refractivity (Wildman–Crippen MR) is 52.1 cm³/mol. The highest BCUT2D eigenvalue weighted by atomic mass is 15.3. The van der Waals surface area contributed by atoms with Crippen LogP contribution in [-0.2, 0) is 0 Å². The Bertz CT molecular complexity index is 132. The molecule has 0 saturated heterocycles. The third-order valence-corrected chi connectivity index (χ3v) is 1.64. The Labute approximate surface area is 73.7 Å². The molecule has 0 aromatic carbocycles. The van der Waals surface area contributed by atoms with Crippen LogP contribution in [0.2, 0.25) is 0 Å². The van der Waals surface area contributed by atoms with Gasteiger partial charge in [0.25, 0.3) is 0 Å². The molecule has 0 spiro atoms. The van der Waals surface area contributed by atoms with E-state index in [0.717, 1.165) is 0 Å². The zero-order valence-electron chi connectivity index (χ0n) is 7.32. The van der Waals surface area contributed by atoms with Gasteiger partial charge in [0, 0.05) is 13.1 Å². The van der Waals surface area contributed by atoms with Crippen molar-refractivity contribution in [1.29, 1.82) is 0 Å². The quantitative estimate of drug-likeness (QED) is 0.360. The molecule has 70 valence electrons. The Morgan fingerprint density at radius 1 is 1.17 bits per heavy atom. The van der Waals surface area contributed by atoms with Gasteiger partial charge in [-0.1, -0.05) is 12.2 Å². The molecule has 0 aromatic rings. The van der Waals surface area contributed by atoms with Crippen molar-refractivity contribution in [2.45, 2.75) is 12.3 Å². The van der Waals surface area contributed by atoms with Crippen LogP contribution >= 0.6 is 0 Å². The number of hydrogen-bond acceptors (Lipinski definition) is 4. The summed E-state index contributed by atoms with van der Waals surface area (Å²) in [4.78, 5) is 1.82. The van der Waals surface area contributed by atoms with Gasteiger partial charge < -0.3 is 17.2 Å². The van der Waals surface area contributed by atoms with Gasteiger partial charge in [-0.25, -0.2) is 0 Å². The van der Waals surface area contributed by atoms with Crippen LogP contribution < -0.4 is 17.2 Å². The molecule has 0 aliphatic carbocycles. The van der Waals surface area contributed by atoms with E-state index in [0.29, 0.717) is 13.1 Å². The number of rotatable bonds is 6. The Hall–Kier alpha value is -0.680. The molecule has 0 aliphatic heterocycles. The summed E-state index contributed by atoms with van der Waals surface area (Å²) in [6.45, 7) is 8.32. The van der Waals surface area contributed by atoms with E-state index in [4.69, 9.17) is 17.2 Å². The van der Waals surface area contributed by atoms with E-state index in [9.17, 15) is 0 Å². The van der Waals surface area contributed by atoms with E-state index in [1.165, 1.54) is 0 Å². The van der Waals surface area contributed by atoms with Crippen molar-refractivity contribution in [2.75, 3.05) is 13.1 Å². The Balaban J connectivity index is 4.19. The average molecular weight is 170 g/mol. The molecule has 0 fully saturated rings. The van der Waals surface area contributed by atoms with E-state index in [2.05, 4.69) is 13.2 Å². The fourth-order valence-electron chi connectivity index (χ4n) is 0.917. The van der Waals surface area contributed by atoms with Crippen molar-refractivity contribution in [3.63, 3.8) is 0 Å². The van der Waals surface area contributed by atoms with Crippen LogP contribution in [-0.4, -0.2) is 30.3 Å². The first-order chi connectivity index (χ1) is 5.67. The van der Waals surface area contributed by atoms with Gasteiger partial charge in [0.15, 0.2) is 0 Å².